The van der Waals surface area contributed by atoms with Crippen molar-refractivity contribution in [2.45, 2.75) is 53.9 Å². The molecule has 0 amide bonds. The molecule has 0 nitrogen and oxygen atoms in total. The number of hydrogen-bond acceptors (Lipinski definition) is 0. The zero-order chi connectivity index (χ0) is 14.5. The first-order chi connectivity index (χ1) is 9.92. The highest BCUT2D eigenvalue weighted by Gasteiger charge is 2.80. The highest BCUT2D eigenvalue weighted by Crippen LogP contribution is 2.86. The Morgan fingerprint density at radius 2 is 1.38 bits per heavy atom. The minimum atomic E-state index is 0.725. The van der Waals surface area contributed by atoms with E-state index in [0.29, 0.717) is 0 Å². The van der Waals surface area contributed by atoms with Crippen molar-refractivity contribution in [3.8, 4) is 0 Å². The Hall–Kier alpha value is 0. The largest absolute Gasteiger partial charge is 0.0619 e. The monoisotopic (exact) mass is 284 g/mol. The Labute approximate surface area is 130 Å². The smallest absolute Gasteiger partial charge is 0.0227 e. The van der Waals surface area contributed by atoms with Crippen LogP contribution >= 0.6 is 0 Å². The van der Waals surface area contributed by atoms with Crippen molar-refractivity contribution < 1.29 is 0 Å². The second-order valence-electron chi connectivity index (χ2n) is 10.9. The first-order valence-electron chi connectivity index (χ1n) is 9.92. The summed E-state index contributed by atoms with van der Waals surface area (Å²) in [5.74, 6) is 11.9. The first-order valence-corrected chi connectivity index (χ1v) is 9.92. The number of hydrogen-bond donors (Lipinski definition) is 0. The fraction of sp³-hybridized carbons (Fsp3) is 1.00. The third-order valence-electron chi connectivity index (χ3n) is 11.1. The molecule has 6 saturated carbocycles. The van der Waals surface area contributed by atoms with E-state index in [-0.39, 0.29) is 0 Å². The topological polar surface area (TPSA) is 0 Å². The van der Waals surface area contributed by atoms with Gasteiger partial charge in [0.25, 0.3) is 0 Å². The van der Waals surface area contributed by atoms with Crippen LogP contribution in [0.2, 0.25) is 0 Å². The average molecular weight is 284 g/mol. The van der Waals surface area contributed by atoms with Gasteiger partial charge in [-0.2, -0.15) is 0 Å². The van der Waals surface area contributed by atoms with Crippen LogP contribution in [0.3, 0.4) is 0 Å². The molecule has 13 atom stereocenters. The van der Waals surface area contributed by atoms with Crippen LogP contribution in [-0.4, -0.2) is 0 Å². The molecule has 1 spiro atoms. The van der Waals surface area contributed by atoms with Crippen molar-refractivity contribution in [3.05, 3.63) is 0 Å². The summed E-state index contributed by atoms with van der Waals surface area (Å²) in [6.45, 7) is 13.4. The van der Waals surface area contributed by atoms with Gasteiger partial charge in [0.05, 0.1) is 0 Å². The van der Waals surface area contributed by atoms with Gasteiger partial charge < -0.3 is 0 Å². The zero-order valence-electron chi connectivity index (χ0n) is 14.5. The van der Waals surface area contributed by atoms with Crippen LogP contribution in [0.4, 0.5) is 0 Å². The second kappa shape index (κ2) is 3.13. The molecule has 0 aliphatic heterocycles. The second-order valence-corrected chi connectivity index (χ2v) is 10.9. The third kappa shape index (κ3) is 0.941. The van der Waals surface area contributed by atoms with Crippen molar-refractivity contribution in [1.29, 1.82) is 0 Å². The Balaban J connectivity index is 1.59. The molecule has 0 saturated heterocycles. The maximum Gasteiger partial charge on any atom is -0.0227 e. The van der Waals surface area contributed by atoms with E-state index < -0.39 is 0 Å². The highest BCUT2D eigenvalue weighted by molar-refractivity contribution is 5.28. The van der Waals surface area contributed by atoms with Crippen molar-refractivity contribution in [1.82, 2.24) is 0 Å². The van der Waals surface area contributed by atoms with E-state index in [2.05, 4.69) is 34.6 Å². The third-order valence-corrected chi connectivity index (χ3v) is 11.1. The highest BCUT2D eigenvalue weighted by atomic mass is 14.8. The van der Waals surface area contributed by atoms with Gasteiger partial charge in [0.15, 0.2) is 0 Å². The van der Waals surface area contributed by atoms with E-state index in [9.17, 15) is 0 Å². The molecule has 0 aromatic heterocycles. The molecule has 6 aliphatic rings. The standard InChI is InChI=1S/C21H32/c1-9-13-6-14-10(2)18-15-7-21(12(4)16(13)19(9)21)8-20(18,5)17(14)11(15)3/h9-19H,6-8H2,1-5H3. The minimum absolute atomic E-state index is 0.725. The van der Waals surface area contributed by atoms with Crippen LogP contribution in [0.1, 0.15) is 53.9 Å². The van der Waals surface area contributed by atoms with Gasteiger partial charge >= 0.3 is 0 Å². The summed E-state index contributed by atoms with van der Waals surface area (Å²) in [4.78, 5) is 0. The Bertz CT molecular complexity index is 536. The molecular formula is C21H32. The van der Waals surface area contributed by atoms with Gasteiger partial charge in [0, 0.05) is 0 Å². The van der Waals surface area contributed by atoms with Crippen LogP contribution in [0, 0.1) is 75.9 Å². The minimum Gasteiger partial charge on any atom is -0.0619 e. The van der Waals surface area contributed by atoms with E-state index in [1.165, 1.54) is 0 Å². The summed E-state index contributed by atoms with van der Waals surface area (Å²) in [6, 6.07) is 0. The van der Waals surface area contributed by atoms with Crippen molar-refractivity contribution in [3.63, 3.8) is 0 Å². The molecule has 0 aromatic rings. The molecule has 8 bridgehead atoms. The molecule has 6 rings (SSSR count). The molecule has 21 heavy (non-hydrogen) atoms. The lowest BCUT2D eigenvalue weighted by atomic mass is 9.28. The molecule has 0 heteroatoms. The summed E-state index contributed by atoms with van der Waals surface area (Å²) in [5, 5.41) is 0. The number of rotatable bonds is 0. The predicted molar refractivity (Wildman–Crippen MR) is 85.5 cm³/mol. The molecule has 0 aromatic carbocycles. The molecule has 0 N–H and O–H groups in total. The molecule has 6 aliphatic carbocycles. The summed E-state index contributed by atoms with van der Waals surface area (Å²) in [5.41, 5.74) is 1.52. The predicted octanol–water partition coefficient (Wildman–Crippen LogP) is 5.09. The molecular weight excluding hydrogens is 252 g/mol. The van der Waals surface area contributed by atoms with Gasteiger partial charge in [-0.3, -0.25) is 0 Å². The summed E-state index contributed by atoms with van der Waals surface area (Å²) < 4.78 is 0. The Morgan fingerprint density at radius 3 is 2.14 bits per heavy atom. The lowest BCUT2D eigenvalue weighted by Gasteiger charge is -2.77. The molecule has 6 fully saturated rings. The zero-order valence-corrected chi connectivity index (χ0v) is 14.5. The maximum atomic E-state index is 2.75. The molecule has 0 heterocycles. The van der Waals surface area contributed by atoms with Crippen LogP contribution < -0.4 is 0 Å². The Kier molecular flexibility index (Phi) is 1.85. The van der Waals surface area contributed by atoms with Gasteiger partial charge in [0.2, 0.25) is 0 Å². The lowest BCUT2D eigenvalue weighted by Crippen LogP contribution is -2.72. The average Bonchev–Trinajstić information content (AvgIpc) is 2.76. The van der Waals surface area contributed by atoms with Crippen LogP contribution in [-0.2, 0) is 0 Å². The van der Waals surface area contributed by atoms with Crippen LogP contribution in [0.5, 0.6) is 0 Å². The maximum absolute atomic E-state index is 2.75. The SMILES string of the molecule is CC1C2CC34CC5(C)C1C(CC1C(C)C3C1C4C)C(C)C25. The van der Waals surface area contributed by atoms with Crippen LogP contribution in [0.15, 0.2) is 0 Å². The van der Waals surface area contributed by atoms with Gasteiger partial charge in [-0.1, -0.05) is 34.6 Å². The van der Waals surface area contributed by atoms with Gasteiger partial charge in [-0.05, 0) is 95.2 Å². The van der Waals surface area contributed by atoms with Crippen LogP contribution in [0.25, 0.3) is 0 Å². The lowest BCUT2D eigenvalue weighted by molar-refractivity contribution is -0.293. The van der Waals surface area contributed by atoms with Gasteiger partial charge in [-0.25, -0.2) is 0 Å². The van der Waals surface area contributed by atoms with Gasteiger partial charge in [0.1, 0.15) is 0 Å². The molecule has 116 valence electrons. The van der Waals surface area contributed by atoms with E-state index in [1.54, 1.807) is 19.3 Å². The van der Waals surface area contributed by atoms with E-state index in [0.717, 1.165) is 75.9 Å². The fourth-order valence-electron chi connectivity index (χ4n) is 11.0. The van der Waals surface area contributed by atoms with Crippen molar-refractivity contribution >= 4 is 0 Å². The van der Waals surface area contributed by atoms with E-state index >= 15 is 0 Å². The van der Waals surface area contributed by atoms with Crippen molar-refractivity contribution in [2.75, 3.05) is 0 Å². The first kappa shape index (κ1) is 12.4. The summed E-state index contributed by atoms with van der Waals surface area (Å²) >= 11 is 0. The van der Waals surface area contributed by atoms with Crippen molar-refractivity contribution in [2.24, 2.45) is 75.9 Å². The van der Waals surface area contributed by atoms with E-state index in [1.807, 2.05) is 0 Å². The number of fused-ring (bicyclic) bond motifs is 2. The summed E-state index contributed by atoms with van der Waals surface area (Å²) in [7, 11) is 0. The summed E-state index contributed by atoms with van der Waals surface area (Å²) in [6.07, 6.45) is 4.86. The fourth-order valence-corrected chi connectivity index (χ4v) is 11.0. The normalized spacial score (nSPS) is 79.0. The quantitative estimate of drug-likeness (QED) is 0.581. The molecule has 0 radical (unpaired) electrons. The molecule has 13 unspecified atom stereocenters. The Morgan fingerprint density at radius 1 is 0.762 bits per heavy atom. The van der Waals surface area contributed by atoms with Gasteiger partial charge in [-0.15, -0.1) is 0 Å². The van der Waals surface area contributed by atoms with E-state index in [4.69, 9.17) is 0 Å².